The molecule has 2 aromatic heterocycles. The summed E-state index contributed by atoms with van der Waals surface area (Å²) in [5.41, 5.74) is 3.86. The molecule has 0 aliphatic carbocycles. The lowest BCUT2D eigenvalue weighted by Gasteiger charge is -2.34. The molecular formula is C22H25N5O3. The standard InChI is InChI=1S/C22H25N5O3/c28-22(20-7-6-19(30-20)16-14-23-24-15-16)25-17-4-3-5-18(26-10-12-29-13-11-26)21(17)27-8-1-2-9-27/h3-7,14-15H,1-2,8-13H2,(H,23,24)(H,25,28). The molecule has 0 bridgehead atoms. The van der Waals surface area contributed by atoms with Crippen molar-refractivity contribution < 1.29 is 13.9 Å². The minimum Gasteiger partial charge on any atom is -0.451 e. The lowest BCUT2D eigenvalue weighted by molar-refractivity contribution is 0.0997. The molecular weight excluding hydrogens is 382 g/mol. The first kappa shape index (κ1) is 18.7. The van der Waals surface area contributed by atoms with Gasteiger partial charge < -0.3 is 24.3 Å². The Labute approximate surface area is 174 Å². The molecule has 156 valence electrons. The van der Waals surface area contributed by atoms with Crippen molar-refractivity contribution in [1.29, 1.82) is 0 Å². The van der Waals surface area contributed by atoms with Gasteiger partial charge in [-0.2, -0.15) is 5.10 Å². The Morgan fingerprint density at radius 3 is 2.63 bits per heavy atom. The molecule has 2 aliphatic rings. The number of carbonyl (C=O) groups excluding carboxylic acids is 1. The van der Waals surface area contributed by atoms with Gasteiger partial charge in [-0.1, -0.05) is 6.07 Å². The number of aromatic nitrogens is 2. The maximum atomic E-state index is 13.0. The fourth-order valence-corrected chi connectivity index (χ4v) is 4.15. The van der Waals surface area contributed by atoms with E-state index in [0.717, 1.165) is 74.9 Å². The van der Waals surface area contributed by atoms with Gasteiger partial charge in [0.15, 0.2) is 5.76 Å². The summed E-state index contributed by atoms with van der Waals surface area (Å²) in [6.45, 7) is 5.14. The van der Waals surface area contributed by atoms with Crippen molar-refractivity contribution >= 4 is 23.0 Å². The highest BCUT2D eigenvalue weighted by atomic mass is 16.5. The number of ether oxygens (including phenoxy) is 1. The zero-order valence-corrected chi connectivity index (χ0v) is 16.8. The largest absolute Gasteiger partial charge is 0.451 e. The third-order valence-electron chi connectivity index (χ3n) is 5.65. The molecule has 3 aromatic rings. The predicted octanol–water partition coefficient (Wildman–Crippen LogP) is 3.36. The van der Waals surface area contributed by atoms with Crippen LogP contribution in [-0.4, -0.2) is 55.5 Å². The van der Waals surface area contributed by atoms with Crippen molar-refractivity contribution in [2.45, 2.75) is 12.8 Å². The number of hydrogen-bond donors (Lipinski definition) is 2. The molecule has 1 amide bonds. The second kappa shape index (κ2) is 8.23. The van der Waals surface area contributed by atoms with Gasteiger partial charge in [0.05, 0.1) is 42.0 Å². The topological polar surface area (TPSA) is 86.6 Å². The average molecular weight is 407 g/mol. The van der Waals surface area contributed by atoms with Gasteiger partial charge in [0.1, 0.15) is 5.76 Å². The van der Waals surface area contributed by atoms with E-state index < -0.39 is 0 Å². The Morgan fingerprint density at radius 1 is 1.03 bits per heavy atom. The van der Waals surface area contributed by atoms with Crippen LogP contribution in [-0.2, 0) is 4.74 Å². The molecule has 8 heteroatoms. The van der Waals surface area contributed by atoms with Gasteiger partial charge in [-0.25, -0.2) is 0 Å². The lowest BCUT2D eigenvalue weighted by Crippen LogP contribution is -2.37. The summed E-state index contributed by atoms with van der Waals surface area (Å²) in [5.74, 6) is 0.621. The normalized spacial score (nSPS) is 16.8. The Balaban J connectivity index is 1.44. The first-order valence-corrected chi connectivity index (χ1v) is 10.4. The Bertz CT molecular complexity index is 1000. The minimum atomic E-state index is -0.260. The number of furan rings is 1. The van der Waals surface area contributed by atoms with E-state index in [2.05, 4.69) is 31.4 Å². The quantitative estimate of drug-likeness (QED) is 0.675. The fraction of sp³-hybridized carbons (Fsp3) is 0.364. The molecule has 0 atom stereocenters. The number of morpholine rings is 1. The van der Waals surface area contributed by atoms with Crippen molar-refractivity contribution in [1.82, 2.24) is 10.2 Å². The fourth-order valence-electron chi connectivity index (χ4n) is 4.15. The molecule has 2 N–H and O–H groups in total. The number of nitrogens with one attached hydrogen (secondary N) is 2. The maximum absolute atomic E-state index is 13.0. The molecule has 0 radical (unpaired) electrons. The number of carbonyl (C=O) groups is 1. The molecule has 0 saturated carbocycles. The van der Waals surface area contributed by atoms with E-state index in [1.807, 2.05) is 12.1 Å². The van der Waals surface area contributed by atoms with E-state index in [9.17, 15) is 4.79 Å². The number of anilines is 3. The summed E-state index contributed by atoms with van der Waals surface area (Å²) in [4.78, 5) is 17.7. The molecule has 0 spiro atoms. The van der Waals surface area contributed by atoms with Crippen molar-refractivity contribution in [2.24, 2.45) is 0 Å². The van der Waals surface area contributed by atoms with E-state index >= 15 is 0 Å². The monoisotopic (exact) mass is 407 g/mol. The van der Waals surface area contributed by atoms with Gasteiger partial charge in [0.2, 0.25) is 0 Å². The van der Waals surface area contributed by atoms with Crippen LogP contribution < -0.4 is 15.1 Å². The van der Waals surface area contributed by atoms with E-state index in [0.29, 0.717) is 5.76 Å². The molecule has 8 nitrogen and oxygen atoms in total. The molecule has 2 aliphatic heterocycles. The second-order valence-electron chi connectivity index (χ2n) is 7.57. The van der Waals surface area contributed by atoms with Gasteiger partial charge in [-0.15, -0.1) is 0 Å². The Kier molecular flexibility index (Phi) is 5.15. The summed E-state index contributed by atoms with van der Waals surface area (Å²) < 4.78 is 11.3. The zero-order valence-electron chi connectivity index (χ0n) is 16.8. The molecule has 5 rings (SSSR count). The number of H-pyrrole nitrogens is 1. The van der Waals surface area contributed by atoms with Crippen molar-refractivity contribution in [3.8, 4) is 11.3 Å². The van der Waals surface area contributed by atoms with Crippen molar-refractivity contribution in [3.63, 3.8) is 0 Å². The Hall–Kier alpha value is -3.26. The van der Waals surface area contributed by atoms with E-state index in [4.69, 9.17) is 9.15 Å². The van der Waals surface area contributed by atoms with Crippen LogP contribution in [0.1, 0.15) is 23.4 Å². The molecule has 0 unspecified atom stereocenters. The molecule has 1 aromatic carbocycles. The van der Waals surface area contributed by atoms with Crippen molar-refractivity contribution in [3.05, 3.63) is 48.5 Å². The summed E-state index contributed by atoms with van der Waals surface area (Å²) in [6, 6.07) is 9.58. The SMILES string of the molecule is O=C(Nc1cccc(N2CCOCC2)c1N1CCCC1)c1ccc(-c2cn[nH]c2)o1. The van der Waals surface area contributed by atoms with Gasteiger partial charge in [0, 0.05) is 32.4 Å². The van der Waals surface area contributed by atoms with Crippen LogP contribution in [0.2, 0.25) is 0 Å². The van der Waals surface area contributed by atoms with Gasteiger partial charge in [-0.05, 0) is 37.1 Å². The van der Waals surface area contributed by atoms with Crippen LogP contribution in [0.3, 0.4) is 0 Å². The predicted molar refractivity (Wildman–Crippen MR) is 115 cm³/mol. The lowest BCUT2D eigenvalue weighted by atomic mass is 10.1. The third-order valence-corrected chi connectivity index (χ3v) is 5.65. The van der Waals surface area contributed by atoms with E-state index in [1.54, 1.807) is 24.5 Å². The van der Waals surface area contributed by atoms with Gasteiger partial charge in [-0.3, -0.25) is 9.89 Å². The highest BCUT2D eigenvalue weighted by Crippen LogP contribution is 2.39. The van der Waals surface area contributed by atoms with Gasteiger partial charge >= 0.3 is 0 Å². The summed E-state index contributed by atoms with van der Waals surface area (Å²) in [5, 5.41) is 9.76. The number of rotatable bonds is 5. The number of benzene rings is 1. The number of hydrogen-bond acceptors (Lipinski definition) is 6. The van der Waals surface area contributed by atoms with Crippen molar-refractivity contribution in [2.75, 3.05) is 54.5 Å². The summed E-state index contributed by atoms with van der Waals surface area (Å²) >= 11 is 0. The van der Waals surface area contributed by atoms with Crippen LogP contribution in [0, 0.1) is 0 Å². The van der Waals surface area contributed by atoms with E-state index in [-0.39, 0.29) is 11.7 Å². The summed E-state index contributed by atoms with van der Waals surface area (Å²) in [7, 11) is 0. The Morgan fingerprint density at radius 2 is 1.87 bits per heavy atom. The van der Waals surface area contributed by atoms with Crippen LogP contribution in [0.15, 0.2) is 47.1 Å². The first-order chi connectivity index (χ1) is 14.8. The molecule has 2 fully saturated rings. The van der Waals surface area contributed by atoms with Crippen LogP contribution in [0.25, 0.3) is 11.3 Å². The molecule has 2 saturated heterocycles. The molecule has 30 heavy (non-hydrogen) atoms. The first-order valence-electron chi connectivity index (χ1n) is 10.4. The van der Waals surface area contributed by atoms with Crippen LogP contribution in [0.4, 0.5) is 17.1 Å². The van der Waals surface area contributed by atoms with E-state index in [1.165, 1.54) is 0 Å². The third kappa shape index (κ3) is 3.66. The zero-order chi connectivity index (χ0) is 20.3. The number of nitrogens with zero attached hydrogens (tertiary/aromatic N) is 3. The smallest absolute Gasteiger partial charge is 0.291 e. The highest BCUT2D eigenvalue weighted by molar-refractivity contribution is 6.05. The molecule has 4 heterocycles. The van der Waals surface area contributed by atoms with Gasteiger partial charge in [0.25, 0.3) is 5.91 Å². The summed E-state index contributed by atoms with van der Waals surface area (Å²) in [6.07, 6.45) is 5.73. The van der Waals surface area contributed by atoms with Crippen LogP contribution in [0.5, 0.6) is 0 Å². The van der Waals surface area contributed by atoms with Crippen LogP contribution >= 0.6 is 0 Å². The number of para-hydroxylation sites is 1. The second-order valence-corrected chi connectivity index (χ2v) is 7.57. The maximum Gasteiger partial charge on any atom is 0.291 e. The minimum absolute atomic E-state index is 0.260. The number of aromatic amines is 1. The average Bonchev–Trinajstić information content (AvgIpc) is 3.56. The number of amides is 1. The highest BCUT2D eigenvalue weighted by Gasteiger charge is 2.25.